The highest BCUT2D eigenvalue weighted by atomic mass is 31.3. The Hall–Kier alpha value is 0.290. The molecule has 0 saturated carbocycles. The quantitative estimate of drug-likeness (QED) is 0.376. The van der Waals surface area contributed by atoms with Crippen molar-refractivity contribution in [2.45, 2.75) is 31.7 Å². The van der Waals surface area contributed by atoms with Gasteiger partial charge in [-0.25, -0.2) is 18.4 Å². The van der Waals surface area contributed by atoms with E-state index in [9.17, 15) is 33.5 Å². The average molecular weight is 441 g/mol. The van der Waals surface area contributed by atoms with Gasteiger partial charge < -0.3 is 29.3 Å². The molecule has 0 aromatic carbocycles. The first-order valence-corrected chi connectivity index (χ1v) is 12.1. The van der Waals surface area contributed by atoms with E-state index in [2.05, 4.69) is 13.1 Å². The summed E-state index contributed by atoms with van der Waals surface area (Å²) in [6.45, 7) is 1.20. The fourth-order valence-corrected chi connectivity index (χ4v) is 6.53. The second kappa shape index (κ2) is 8.75. The predicted molar refractivity (Wildman–Crippen MR) is 84.9 cm³/mol. The Kier molecular flexibility index (Phi) is 7.60. The molecule has 0 aromatic heterocycles. The number of phosphoric ester groups is 1. The molecule has 3 unspecified atom stereocenters. The lowest BCUT2D eigenvalue weighted by atomic mass is 10.1. The first-order chi connectivity index (χ1) is 11.9. The molecule has 2 aliphatic rings. The lowest BCUT2D eigenvalue weighted by Gasteiger charge is -2.30. The summed E-state index contributed by atoms with van der Waals surface area (Å²) in [6.07, 6.45) is -1.87. The third-order valence-corrected chi connectivity index (χ3v) is 8.49. The van der Waals surface area contributed by atoms with Gasteiger partial charge in [0.2, 0.25) is 0 Å². The van der Waals surface area contributed by atoms with Gasteiger partial charge in [-0.05, 0) is 6.92 Å². The molecule has 0 amide bonds. The predicted octanol–water partition coefficient (Wildman–Crippen LogP) is 0.208. The second-order valence-corrected chi connectivity index (χ2v) is 10.7. The van der Waals surface area contributed by atoms with E-state index in [4.69, 9.17) is 9.47 Å². The van der Waals surface area contributed by atoms with Crippen LogP contribution in [-0.2, 0) is 36.3 Å². The van der Waals surface area contributed by atoms with Gasteiger partial charge in [-0.3, -0.25) is 4.52 Å². The molecule has 2 aliphatic heterocycles. The normalized spacial score (nSPS) is 34.7. The monoisotopic (exact) mass is 441 g/mol. The largest absolute Gasteiger partial charge is 0.489 e. The van der Waals surface area contributed by atoms with Crippen molar-refractivity contribution in [3.8, 4) is 0 Å². The smallest absolute Gasteiger partial charge is 0.390 e. The summed E-state index contributed by atoms with van der Waals surface area (Å²) in [5.41, 5.74) is 0. The minimum Gasteiger partial charge on any atom is -0.390 e. The van der Waals surface area contributed by atoms with Crippen LogP contribution in [0.25, 0.3) is 0 Å². The summed E-state index contributed by atoms with van der Waals surface area (Å²) in [7, 11) is -15.3. The Labute approximate surface area is 149 Å². The molecule has 154 valence electrons. The van der Waals surface area contributed by atoms with E-state index >= 15 is 0 Å². The van der Waals surface area contributed by atoms with Crippen molar-refractivity contribution in [1.29, 1.82) is 0 Å². The van der Waals surface area contributed by atoms with E-state index < -0.39 is 42.2 Å². The molecule has 2 fully saturated rings. The standard InChI is InChI=1S/C10H22NO12P3/c1-8-6-9(12)10(21-8)7-20-25(15,16)23-26(17,18)22-24(13,14)11-2-4-19-5-3-11/h8-10,12H,2-7H2,1H3,(H,13,14)(H,15,16)(H,17,18)/t8-,9+,10+/m0/s1. The maximum atomic E-state index is 12.0. The molecule has 2 rings (SSSR count). The number of phosphoric acid groups is 2. The minimum absolute atomic E-state index is 0.0455. The van der Waals surface area contributed by atoms with E-state index in [-0.39, 0.29) is 32.4 Å². The first kappa shape index (κ1) is 22.6. The summed E-state index contributed by atoms with van der Waals surface area (Å²) in [5.74, 6) is 0. The molecular formula is C10H22NO12P3. The average Bonchev–Trinajstić information content (AvgIpc) is 2.82. The highest BCUT2D eigenvalue weighted by Gasteiger charge is 2.45. The van der Waals surface area contributed by atoms with Gasteiger partial charge >= 0.3 is 23.4 Å². The third-order valence-electron chi connectivity index (χ3n) is 3.57. The second-order valence-electron chi connectivity index (χ2n) is 5.74. The van der Waals surface area contributed by atoms with Gasteiger partial charge in [-0.15, -0.1) is 0 Å². The van der Waals surface area contributed by atoms with Crippen molar-refractivity contribution in [1.82, 2.24) is 4.67 Å². The zero-order valence-corrected chi connectivity index (χ0v) is 16.5. The highest BCUT2D eigenvalue weighted by molar-refractivity contribution is 7.67. The van der Waals surface area contributed by atoms with E-state index in [0.29, 0.717) is 6.42 Å². The van der Waals surface area contributed by atoms with Crippen LogP contribution in [0.3, 0.4) is 0 Å². The topological polar surface area (TPSA) is 182 Å². The highest BCUT2D eigenvalue weighted by Crippen LogP contribution is 2.68. The van der Waals surface area contributed by atoms with Crippen LogP contribution in [0.4, 0.5) is 0 Å². The maximum Gasteiger partial charge on any atom is 0.489 e. The van der Waals surface area contributed by atoms with Crippen LogP contribution in [0.1, 0.15) is 13.3 Å². The Morgan fingerprint density at radius 1 is 1.08 bits per heavy atom. The van der Waals surface area contributed by atoms with E-state index in [0.717, 1.165) is 4.67 Å². The molecule has 4 N–H and O–H groups in total. The van der Waals surface area contributed by atoms with E-state index in [1.54, 1.807) is 6.92 Å². The lowest BCUT2D eigenvalue weighted by molar-refractivity contribution is -0.0167. The van der Waals surface area contributed by atoms with Gasteiger partial charge in [0.05, 0.1) is 32.0 Å². The molecule has 26 heavy (non-hydrogen) atoms. The Bertz CT molecular complexity index is 624. The van der Waals surface area contributed by atoms with Crippen molar-refractivity contribution in [3.63, 3.8) is 0 Å². The Morgan fingerprint density at radius 2 is 1.69 bits per heavy atom. The molecule has 13 nitrogen and oxygen atoms in total. The summed E-state index contributed by atoms with van der Waals surface area (Å²) in [5, 5.41) is 9.65. The van der Waals surface area contributed by atoms with Crippen LogP contribution < -0.4 is 0 Å². The van der Waals surface area contributed by atoms with Crippen molar-refractivity contribution < 1.29 is 56.1 Å². The third kappa shape index (κ3) is 6.72. The fourth-order valence-electron chi connectivity index (χ4n) is 2.42. The number of ether oxygens (including phenoxy) is 2. The van der Waals surface area contributed by atoms with Crippen molar-refractivity contribution >= 4 is 23.4 Å². The summed E-state index contributed by atoms with van der Waals surface area (Å²) in [6, 6.07) is 0. The molecule has 0 spiro atoms. The van der Waals surface area contributed by atoms with Crippen LogP contribution in [0.15, 0.2) is 0 Å². The number of hydrogen-bond donors (Lipinski definition) is 4. The van der Waals surface area contributed by atoms with Gasteiger partial charge in [0.1, 0.15) is 6.10 Å². The molecule has 6 atom stereocenters. The van der Waals surface area contributed by atoms with Gasteiger partial charge in [-0.2, -0.15) is 8.62 Å². The zero-order valence-electron chi connectivity index (χ0n) is 13.8. The number of nitrogens with zero attached hydrogens (tertiary/aromatic N) is 1. The van der Waals surface area contributed by atoms with Crippen LogP contribution in [-0.4, -0.2) is 75.7 Å². The van der Waals surface area contributed by atoms with Crippen LogP contribution in [0, 0.1) is 0 Å². The molecule has 0 bridgehead atoms. The Balaban J connectivity index is 1.90. The number of hydrogen-bond acceptors (Lipinski definition) is 9. The zero-order chi connectivity index (χ0) is 19.6. The Morgan fingerprint density at radius 3 is 2.23 bits per heavy atom. The van der Waals surface area contributed by atoms with Crippen LogP contribution in [0.5, 0.6) is 0 Å². The van der Waals surface area contributed by atoms with Gasteiger partial charge in [0.25, 0.3) is 0 Å². The number of morpholine rings is 1. The van der Waals surface area contributed by atoms with Gasteiger partial charge in [0.15, 0.2) is 0 Å². The van der Waals surface area contributed by atoms with Crippen LogP contribution >= 0.6 is 23.4 Å². The van der Waals surface area contributed by atoms with Gasteiger partial charge in [0, 0.05) is 19.5 Å². The molecule has 2 saturated heterocycles. The lowest BCUT2D eigenvalue weighted by Crippen LogP contribution is -2.34. The fraction of sp³-hybridized carbons (Fsp3) is 1.00. The summed E-state index contributed by atoms with van der Waals surface area (Å²) in [4.78, 5) is 28.8. The molecule has 0 radical (unpaired) electrons. The number of aliphatic hydroxyl groups excluding tert-OH is 1. The van der Waals surface area contributed by atoms with Crippen molar-refractivity contribution in [2.24, 2.45) is 0 Å². The van der Waals surface area contributed by atoms with Crippen molar-refractivity contribution in [3.05, 3.63) is 0 Å². The SMILES string of the molecule is C[C@H]1C[C@@H](O)[C@@H](COP(=O)(O)OP(=O)(O)OP(=O)(O)N2CCOCC2)O1. The van der Waals surface area contributed by atoms with E-state index in [1.807, 2.05) is 0 Å². The van der Waals surface area contributed by atoms with Crippen LogP contribution in [0.2, 0.25) is 0 Å². The minimum atomic E-state index is -5.43. The maximum absolute atomic E-state index is 12.0. The van der Waals surface area contributed by atoms with E-state index in [1.165, 1.54) is 0 Å². The molecule has 16 heteroatoms. The van der Waals surface area contributed by atoms with Gasteiger partial charge in [-0.1, -0.05) is 0 Å². The first-order valence-electron chi connectivity index (χ1n) is 7.62. The summed E-state index contributed by atoms with van der Waals surface area (Å²) >= 11 is 0. The molecule has 0 aromatic rings. The molecular weight excluding hydrogens is 419 g/mol. The molecule has 2 heterocycles. The summed E-state index contributed by atoms with van der Waals surface area (Å²) < 4.78 is 59.5. The number of rotatable bonds is 8. The molecule has 0 aliphatic carbocycles. The number of aliphatic hydroxyl groups is 1. The van der Waals surface area contributed by atoms with Crippen molar-refractivity contribution in [2.75, 3.05) is 32.9 Å².